The molecule has 0 aliphatic rings. The average Bonchev–Trinajstić information content (AvgIpc) is 2.89. The summed E-state index contributed by atoms with van der Waals surface area (Å²) in [5.41, 5.74) is 2.57. The molecule has 96 valence electrons. The van der Waals surface area contributed by atoms with Crippen LogP contribution in [-0.4, -0.2) is 20.5 Å². The Morgan fingerprint density at radius 3 is 2.79 bits per heavy atom. The molecule has 1 N–H and O–H groups in total. The zero-order chi connectivity index (χ0) is 13.4. The number of aliphatic carboxylic acids is 1. The molecule has 0 saturated heterocycles. The highest BCUT2D eigenvalue weighted by Gasteiger charge is 2.11. The summed E-state index contributed by atoms with van der Waals surface area (Å²) in [5.74, 6) is -0.876. The van der Waals surface area contributed by atoms with Crippen LogP contribution in [0.15, 0.2) is 35.8 Å². The van der Waals surface area contributed by atoms with Crippen molar-refractivity contribution in [3.63, 3.8) is 0 Å². The molecule has 0 spiro atoms. The Hall–Kier alpha value is -1.85. The van der Waals surface area contributed by atoms with Crippen LogP contribution in [0.25, 0.3) is 16.2 Å². The number of carboxylic acids is 1. The lowest BCUT2D eigenvalue weighted by Crippen LogP contribution is -1.99. The summed E-state index contributed by atoms with van der Waals surface area (Å²) >= 11 is 7.36. The van der Waals surface area contributed by atoms with E-state index < -0.39 is 5.97 Å². The molecule has 3 rings (SSSR count). The van der Waals surface area contributed by atoms with E-state index in [4.69, 9.17) is 16.7 Å². The molecular weight excluding hydrogens is 284 g/mol. The van der Waals surface area contributed by atoms with E-state index in [0.29, 0.717) is 10.7 Å². The van der Waals surface area contributed by atoms with Crippen molar-refractivity contribution in [1.29, 1.82) is 0 Å². The minimum absolute atomic E-state index is 0.0611. The molecule has 0 bridgehead atoms. The summed E-state index contributed by atoms with van der Waals surface area (Å²) in [7, 11) is 0. The highest BCUT2D eigenvalue weighted by molar-refractivity contribution is 7.15. The van der Waals surface area contributed by atoms with Gasteiger partial charge in [0.15, 0.2) is 4.96 Å². The molecule has 0 unspecified atom stereocenters. The number of imidazole rings is 1. The predicted octanol–water partition coefficient (Wildman–Crippen LogP) is 3.34. The number of fused-ring (bicyclic) bond motifs is 1. The topological polar surface area (TPSA) is 54.6 Å². The van der Waals surface area contributed by atoms with E-state index in [-0.39, 0.29) is 6.42 Å². The number of aromatic nitrogens is 2. The molecule has 0 atom stereocenters. The summed E-state index contributed by atoms with van der Waals surface area (Å²) in [4.78, 5) is 15.8. The number of halogens is 1. The van der Waals surface area contributed by atoms with Crippen molar-refractivity contribution in [3.05, 3.63) is 46.6 Å². The van der Waals surface area contributed by atoms with Gasteiger partial charge in [-0.25, -0.2) is 4.98 Å². The van der Waals surface area contributed by atoms with E-state index >= 15 is 0 Å². The van der Waals surface area contributed by atoms with E-state index in [1.807, 2.05) is 34.0 Å². The summed E-state index contributed by atoms with van der Waals surface area (Å²) in [5, 5.41) is 11.5. The minimum Gasteiger partial charge on any atom is -0.481 e. The van der Waals surface area contributed by atoms with Gasteiger partial charge in [-0.2, -0.15) is 0 Å². The van der Waals surface area contributed by atoms with Gasteiger partial charge >= 0.3 is 5.97 Å². The van der Waals surface area contributed by atoms with Crippen molar-refractivity contribution in [2.45, 2.75) is 6.42 Å². The van der Waals surface area contributed by atoms with E-state index in [1.54, 1.807) is 6.20 Å². The van der Waals surface area contributed by atoms with Crippen LogP contribution in [0.5, 0.6) is 0 Å². The second kappa shape index (κ2) is 4.68. The van der Waals surface area contributed by atoms with Gasteiger partial charge < -0.3 is 5.11 Å². The van der Waals surface area contributed by atoms with E-state index in [9.17, 15) is 4.79 Å². The molecule has 19 heavy (non-hydrogen) atoms. The zero-order valence-electron chi connectivity index (χ0n) is 9.71. The lowest BCUT2D eigenvalue weighted by molar-refractivity contribution is -0.136. The SMILES string of the molecule is O=C(O)Cc1cn2c(-c3ccc(Cl)cc3)csc2n1. The van der Waals surface area contributed by atoms with Crippen LogP contribution >= 0.6 is 22.9 Å². The first-order chi connectivity index (χ1) is 9.13. The van der Waals surface area contributed by atoms with Gasteiger partial charge in [0.1, 0.15) is 0 Å². The maximum absolute atomic E-state index is 10.7. The smallest absolute Gasteiger partial charge is 0.309 e. The molecule has 0 saturated carbocycles. The van der Waals surface area contributed by atoms with E-state index in [1.165, 1.54) is 11.3 Å². The van der Waals surface area contributed by atoms with Gasteiger partial charge in [-0.05, 0) is 17.7 Å². The number of hydrogen-bond donors (Lipinski definition) is 1. The maximum Gasteiger partial charge on any atom is 0.309 e. The fraction of sp³-hybridized carbons (Fsp3) is 0.0769. The second-order valence-corrected chi connectivity index (χ2v) is 5.36. The number of nitrogens with zero attached hydrogens (tertiary/aromatic N) is 2. The lowest BCUT2D eigenvalue weighted by atomic mass is 10.2. The van der Waals surface area contributed by atoms with Crippen LogP contribution in [0.2, 0.25) is 5.02 Å². The summed E-state index contributed by atoms with van der Waals surface area (Å²) in [6.07, 6.45) is 1.71. The van der Waals surface area contributed by atoms with Crippen LogP contribution in [0.1, 0.15) is 5.69 Å². The summed E-state index contributed by atoms with van der Waals surface area (Å²) in [6, 6.07) is 7.52. The van der Waals surface area contributed by atoms with Crippen LogP contribution < -0.4 is 0 Å². The molecule has 0 aliphatic carbocycles. The Labute approximate surface area is 117 Å². The molecule has 0 amide bonds. The third-order valence-corrected chi connectivity index (χ3v) is 3.82. The second-order valence-electron chi connectivity index (χ2n) is 4.08. The van der Waals surface area contributed by atoms with Crippen molar-refractivity contribution in [2.75, 3.05) is 0 Å². The Balaban J connectivity index is 2.06. The molecule has 6 heteroatoms. The number of thiazole rings is 1. The van der Waals surface area contributed by atoms with Crippen molar-refractivity contribution < 1.29 is 9.90 Å². The quantitative estimate of drug-likeness (QED) is 0.805. The minimum atomic E-state index is -0.876. The molecular formula is C13H9ClN2O2S. The van der Waals surface area contributed by atoms with Gasteiger partial charge in [-0.15, -0.1) is 11.3 Å². The molecule has 0 radical (unpaired) electrons. The molecule has 3 aromatic rings. The Bertz CT molecular complexity index is 746. The Morgan fingerprint density at radius 2 is 2.11 bits per heavy atom. The highest BCUT2D eigenvalue weighted by atomic mass is 35.5. The first-order valence-corrected chi connectivity index (χ1v) is 6.82. The number of rotatable bonds is 3. The standard InChI is InChI=1S/C13H9ClN2O2S/c14-9-3-1-8(2-4-9)11-7-19-13-15-10(5-12(17)18)6-16(11)13/h1-4,6-7H,5H2,(H,17,18). The Morgan fingerprint density at radius 1 is 1.37 bits per heavy atom. The molecule has 4 nitrogen and oxygen atoms in total. The third-order valence-electron chi connectivity index (χ3n) is 2.73. The van der Waals surface area contributed by atoms with E-state index in [0.717, 1.165) is 16.2 Å². The van der Waals surface area contributed by atoms with Crippen LogP contribution in [0, 0.1) is 0 Å². The van der Waals surface area contributed by atoms with Gasteiger partial charge in [0.25, 0.3) is 0 Å². The van der Waals surface area contributed by atoms with E-state index in [2.05, 4.69) is 4.98 Å². The van der Waals surface area contributed by atoms with Gasteiger partial charge in [0, 0.05) is 16.6 Å². The number of carbonyl (C=O) groups is 1. The number of benzene rings is 1. The third kappa shape index (κ3) is 2.34. The summed E-state index contributed by atoms with van der Waals surface area (Å²) < 4.78 is 1.91. The number of hydrogen-bond acceptors (Lipinski definition) is 3. The van der Waals surface area contributed by atoms with Gasteiger partial charge in [0.05, 0.1) is 17.8 Å². The molecule has 2 aromatic heterocycles. The van der Waals surface area contributed by atoms with Gasteiger partial charge in [-0.1, -0.05) is 23.7 Å². The predicted molar refractivity (Wildman–Crippen MR) is 74.9 cm³/mol. The van der Waals surface area contributed by atoms with Crippen LogP contribution in [-0.2, 0) is 11.2 Å². The van der Waals surface area contributed by atoms with Crippen LogP contribution in [0.4, 0.5) is 0 Å². The fourth-order valence-corrected chi connectivity index (χ4v) is 2.93. The van der Waals surface area contributed by atoms with Crippen molar-refractivity contribution in [1.82, 2.24) is 9.38 Å². The zero-order valence-corrected chi connectivity index (χ0v) is 11.3. The first kappa shape index (κ1) is 12.2. The molecule has 0 aliphatic heterocycles. The first-order valence-electron chi connectivity index (χ1n) is 5.56. The largest absolute Gasteiger partial charge is 0.481 e. The molecule has 1 aromatic carbocycles. The van der Waals surface area contributed by atoms with Crippen molar-refractivity contribution in [3.8, 4) is 11.3 Å². The van der Waals surface area contributed by atoms with Crippen LogP contribution in [0.3, 0.4) is 0 Å². The monoisotopic (exact) mass is 292 g/mol. The fourth-order valence-electron chi connectivity index (χ4n) is 1.90. The van der Waals surface area contributed by atoms with Crippen molar-refractivity contribution in [2.24, 2.45) is 0 Å². The average molecular weight is 293 g/mol. The lowest BCUT2D eigenvalue weighted by Gasteiger charge is -1.99. The normalized spacial score (nSPS) is 11.0. The Kier molecular flexibility index (Phi) is 3.00. The summed E-state index contributed by atoms with van der Waals surface area (Å²) in [6.45, 7) is 0. The maximum atomic E-state index is 10.7. The number of carboxylic acid groups (broad SMARTS) is 1. The van der Waals surface area contributed by atoms with Crippen molar-refractivity contribution >= 4 is 33.9 Å². The molecule has 0 fully saturated rings. The highest BCUT2D eigenvalue weighted by Crippen LogP contribution is 2.27. The molecule has 2 heterocycles. The van der Waals surface area contributed by atoms with Gasteiger partial charge in [0.2, 0.25) is 0 Å². The van der Waals surface area contributed by atoms with Gasteiger partial charge in [-0.3, -0.25) is 9.20 Å².